The minimum Gasteiger partial charge on any atom is -0.498 e. The summed E-state index contributed by atoms with van der Waals surface area (Å²) >= 11 is 0. The highest BCUT2D eigenvalue weighted by atomic mass is 16.5. The van der Waals surface area contributed by atoms with E-state index in [4.69, 9.17) is 0 Å². The lowest BCUT2D eigenvalue weighted by Gasteiger charge is -2.01. The number of hydrogen-bond donors (Lipinski definition) is 0. The van der Waals surface area contributed by atoms with Crippen molar-refractivity contribution >= 4 is 0 Å². The van der Waals surface area contributed by atoms with Crippen LogP contribution in [0.1, 0.15) is 84.0 Å². The minimum atomic E-state index is 1.18. The lowest BCUT2D eigenvalue weighted by atomic mass is 10.1. The molecule has 0 rings (SSSR count). The van der Waals surface area contributed by atoms with Crippen LogP contribution in [-0.4, -0.2) is 0 Å². The smallest absolute Gasteiger partial charge is 0.121 e. The van der Waals surface area contributed by atoms with Gasteiger partial charge >= 0.3 is 0 Å². The van der Waals surface area contributed by atoms with Crippen LogP contribution in [0.4, 0.5) is 0 Å². The van der Waals surface area contributed by atoms with Crippen LogP contribution in [0.15, 0.2) is 24.5 Å². The average Bonchev–Trinajstić information content (AvgIpc) is 2.43. The molecule has 19 heavy (non-hydrogen) atoms. The first-order valence-corrected chi connectivity index (χ1v) is 8.14. The molecular weight excluding hydrogens is 232 g/mol. The van der Waals surface area contributed by atoms with Crippen molar-refractivity contribution in [1.29, 1.82) is 0 Å². The maximum atomic E-state index is 4.57. The molecule has 0 bridgehead atoms. The number of rotatable bonds is 14. The molecule has 1 radical (unpaired) electrons. The number of unbranched alkanes of at least 4 members (excludes halogenated alkanes) is 11. The molecule has 0 heterocycles. The third-order valence-electron chi connectivity index (χ3n) is 3.40. The third kappa shape index (κ3) is 17.3. The van der Waals surface area contributed by atoms with Crippen molar-refractivity contribution in [2.24, 2.45) is 0 Å². The molecule has 111 valence electrons. The molecule has 0 aromatic carbocycles. The van der Waals surface area contributed by atoms with Gasteiger partial charge in [-0.25, -0.2) is 0 Å². The molecule has 0 aliphatic rings. The first kappa shape index (κ1) is 18.3. The molecular formula is C18H33O. The summed E-state index contributed by atoms with van der Waals surface area (Å²) in [5.74, 6) is 0. The topological polar surface area (TPSA) is 9.23 Å². The predicted molar refractivity (Wildman–Crippen MR) is 85.8 cm³/mol. The molecule has 0 aliphatic heterocycles. The molecule has 0 unspecified atom stereocenters. The zero-order valence-electron chi connectivity index (χ0n) is 12.9. The van der Waals surface area contributed by atoms with Crippen molar-refractivity contribution in [3.63, 3.8) is 0 Å². The molecule has 0 aliphatic carbocycles. The van der Waals surface area contributed by atoms with E-state index >= 15 is 0 Å². The van der Waals surface area contributed by atoms with Gasteiger partial charge in [0, 0.05) is 0 Å². The molecule has 0 aromatic heterocycles. The number of allylic oxidation sites excluding steroid dienone is 3. The second-order valence-corrected chi connectivity index (χ2v) is 5.25. The summed E-state index contributed by atoms with van der Waals surface area (Å²) < 4.78 is 4.57. The maximum absolute atomic E-state index is 4.57. The van der Waals surface area contributed by atoms with Crippen LogP contribution >= 0.6 is 0 Å². The van der Waals surface area contributed by atoms with Gasteiger partial charge in [-0.15, -0.1) is 0 Å². The Morgan fingerprint density at radius 2 is 1.26 bits per heavy atom. The Labute approximate surface area is 121 Å². The summed E-state index contributed by atoms with van der Waals surface area (Å²) in [5, 5.41) is 0. The number of ether oxygens (including phenoxy) is 1. The lowest BCUT2D eigenvalue weighted by Crippen LogP contribution is -1.81. The van der Waals surface area contributed by atoms with E-state index in [1.165, 1.54) is 77.0 Å². The number of hydrogen-bond acceptors (Lipinski definition) is 1. The van der Waals surface area contributed by atoms with Gasteiger partial charge in [0.05, 0.1) is 6.26 Å². The average molecular weight is 265 g/mol. The first-order valence-electron chi connectivity index (χ1n) is 8.14. The Morgan fingerprint density at radius 1 is 0.737 bits per heavy atom. The van der Waals surface area contributed by atoms with Crippen molar-refractivity contribution in [2.75, 3.05) is 0 Å². The van der Waals surface area contributed by atoms with E-state index in [0.29, 0.717) is 0 Å². The highest BCUT2D eigenvalue weighted by Crippen LogP contribution is 2.11. The van der Waals surface area contributed by atoms with Gasteiger partial charge in [0.1, 0.15) is 7.11 Å². The Kier molecular flexibility index (Phi) is 16.6. The molecule has 1 heteroatoms. The van der Waals surface area contributed by atoms with Crippen molar-refractivity contribution in [2.45, 2.75) is 84.0 Å². The van der Waals surface area contributed by atoms with Crippen molar-refractivity contribution < 1.29 is 4.74 Å². The summed E-state index contributed by atoms with van der Waals surface area (Å²) in [6.45, 7) is 2.28. The summed E-state index contributed by atoms with van der Waals surface area (Å²) in [7, 11) is 3.27. The fraction of sp³-hybridized carbons (Fsp3) is 0.722. The van der Waals surface area contributed by atoms with Crippen LogP contribution < -0.4 is 0 Å². The Balaban J connectivity index is 3.02. The van der Waals surface area contributed by atoms with Crippen LogP contribution in [0.3, 0.4) is 0 Å². The van der Waals surface area contributed by atoms with Gasteiger partial charge in [-0.3, -0.25) is 0 Å². The SMILES string of the molecule is [CH2]OC=CC=CCCCCCCCCCCCCC. The quantitative estimate of drug-likeness (QED) is 0.196. The van der Waals surface area contributed by atoms with Crippen LogP contribution in [-0.2, 0) is 4.74 Å². The first-order chi connectivity index (χ1) is 9.41. The summed E-state index contributed by atoms with van der Waals surface area (Å²) in [5.41, 5.74) is 0. The molecule has 0 atom stereocenters. The van der Waals surface area contributed by atoms with E-state index in [9.17, 15) is 0 Å². The van der Waals surface area contributed by atoms with Gasteiger partial charge in [-0.05, 0) is 18.9 Å². The zero-order chi connectivity index (χ0) is 14.0. The van der Waals surface area contributed by atoms with Crippen molar-refractivity contribution in [3.05, 3.63) is 31.6 Å². The fourth-order valence-corrected chi connectivity index (χ4v) is 2.20. The van der Waals surface area contributed by atoms with Gasteiger partial charge in [0.15, 0.2) is 0 Å². The summed E-state index contributed by atoms with van der Waals surface area (Å²) in [4.78, 5) is 0. The van der Waals surface area contributed by atoms with E-state index < -0.39 is 0 Å². The van der Waals surface area contributed by atoms with Crippen LogP contribution in [0.25, 0.3) is 0 Å². The van der Waals surface area contributed by atoms with Crippen molar-refractivity contribution in [3.8, 4) is 0 Å². The molecule has 0 aromatic rings. The van der Waals surface area contributed by atoms with E-state index in [2.05, 4.69) is 24.8 Å². The Hall–Kier alpha value is -0.720. The van der Waals surface area contributed by atoms with Gasteiger partial charge in [-0.1, -0.05) is 83.3 Å². The fourth-order valence-electron chi connectivity index (χ4n) is 2.20. The minimum absolute atomic E-state index is 1.18. The largest absolute Gasteiger partial charge is 0.498 e. The molecule has 1 nitrogen and oxygen atoms in total. The summed E-state index contributed by atoms with van der Waals surface area (Å²) in [6, 6.07) is 0. The molecule has 0 saturated heterocycles. The standard InChI is InChI=1S/C18H33O/c1-3-4-5-6-7-8-9-10-11-12-13-14-15-16-17-18-19-2/h15-18H,2-14H2,1H3. The molecule has 0 spiro atoms. The van der Waals surface area contributed by atoms with Crippen LogP contribution in [0.2, 0.25) is 0 Å². The Bertz CT molecular complexity index is 206. The molecule has 0 fully saturated rings. The van der Waals surface area contributed by atoms with E-state index in [1.807, 2.05) is 12.2 Å². The van der Waals surface area contributed by atoms with Gasteiger partial charge in [-0.2, -0.15) is 0 Å². The third-order valence-corrected chi connectivity index (χ3v) is 3.40. The summed E-state index contributed by atoms with van der Waals surface area (Å²) in [6.07, 6.45) is 24.4. The zero-order valence-corrected chi connectivity index (χ0v) is 12.9. The normalized spacial score (nSPS) is 11.7. The van der Waals surface area contributed by atoms with E-state index in [1.54, 1.807) is 6.26 Å². The van der Waals surface area contributed by atoms with E-state index in [0.717, 1.165) is 0 Å². The molecule has 0 N–H and O–H groups in total. The van der Waals surface area contributed by atoms with Crippen molar-refractivity contribution in [1.82, 2.24) is 0 Å². The molecule has 0 saturated carbocycles. The second-order valence-electron chi connectivity index (χ2n) is 5.25. The predicted octanol–water partition coefficient (Wildman–Crippen LogP) is 6.57. The second kappa shape index (κ2) is 17.3. The van der Waals surface area contributed by atoms with Gasteiger partial charge in [0.2, 0.25) is 0 Å². The molecule has 0 amide bonds. The monoisotopic (exact) mass is 265 g/mol. The lowest BCUT2D eigenvalue weighted by molar-refractivity contribution is 0.394. The van der Waals surface area contributed by atoms with Gasteiger partial charge < -0.3 is 4.74 Å². The van der Waals surface area contributed by atoms with E-state index in [-0.39, 0.29) is 0 Å². The van der Waals surface area contributed by atoms with Crippen LogP contribution in [0, 0.1) is 7.11 Å². The Morgan fingerprint density at radius 3 is 1.79 bits per heavy atom. The highest BCUT2D eigenvalue weighted by molar-refractivity contribution is 4.99. The maximum Gasteiger partial charge on any atom is 0.121 e. The van der Waals surface area contributed by atoms with Gasteiger partial charge in [0.25, 0.3) is 0 Å². The van der Waals surface area contributed by atoms with Crippen LogP contribution in [0.5, 0.6) is 0 Å². The highest BCUT2D eigenvalue weighted by Gasteiger charge is 1.92.